The van der Waals surface area contributed by atoms with Crippen molar-refractivity contribution in [3.05, 3.63) is 58.3 Å². The van der Waals surface area contributed by atoms with Gasteiger partial charge in [-0.1, -0.05) is 12.1 Å². The van der Waals surface area contributed by atoms with Gasteiger partial charge in [-0.05, 0) is 37.1 Å². The lowest BCUT2D eigenvalue weighted by atomic mass is 10.2. The highest BCUT2D eigenvalue weighted by Crippen LogP contribution is 2.16. The van der Waals surface area contributed by atoms with E-state index in [2.05, 4.69) is 27.0 Å². The number of benzene rings is 1. The molecule has 24 heavy (non-hydrogen) atoms. The van der Waals surface area contributed by atoms with Crippen LogP contribution >= 0.6 is 0 Å². The Morgan fingerprint density at radius 2 is 2.12 bits per heavy atom. The Hall–Kier alpha value is -2.44. The van der Waals surface area contributed by atoms with Gasteiger partial charge in [-0.25, -0.2) is 4.79 Å². The lowest BCUT2D eigenvalue weighted by Gasteiger charge is -2.15. The topological polar surface area (TPSA) is 79.9 Å². The predicted octanol–water partition coefficient (Wildman–Crippen LogP) is 1.56. The minimum atomic E-state index is -0.275. The molecule has 3 heterocycles. The summed E-state index contributed by atoms with van der Waals surface area (Å²) < 4.78 is 1.59. The van der Waals surface area contributed by atoms with E-state index in [0.717, 1.165) is 42.8 Å². The molecular weight excluding hydrogens is 302 g/mol. The van der Waals surface area contributed by atoms with Crippen molar-refractivity contribution in [2.24, 2.45) is 5.73 Å². The van der Waals surface area contributed by atoms with Crippen molar-refractivity contribution in [3.8, 4) is 5.69 Å². The van der Waals surface area contributed by atoms with Crippen molar-refractivity contribution < 1.29 is 0 Å². The molecule has 6 nitrogen and oxygen atoms in total. The third-order valence-corrected chi connectivity index (χ3v) is 4.57. The van der Waals surface area contributed by atoms with Gasteiger partial charge >= 0.3 is 5.69 Å². The number of aromatic amines is 1. The molecule has 2 aromatic heterocycles. The van der Waals surface area contributed by atoms with E-state index in [-0.39, 0.29) is 5.69 Å². The molecule has 6 heteroatoms. The maximum atomic E-state index is 12.3. The standard InChI is InChI=1S/C18H21N5O/c1-12-8-14-10-23(18(24)21-17(14)20-12)16-4-2-13(3-5-16)9-22-7-6-15(19)11-22/h2-5,8,10,15H,6-7,9,11,19H2,1H3,(H,20,21,24)/t15-/m1/s1. The van der Waals surface area contributed by atoms with Gasteiger partial charge in [-0.2, -0.15) is 4.98 Å². The minimum absolute atomic E-state index is 0.275. The van der Waals surface area contributed by atoms with Crippen LogP contribution in [0.4, 0.5) is 0 Å². The van der Waals surface area contributed by atoms with Crippen LogP contribution in [0.5, 0.6) is 0 Å². The van der Waals surface area contributed by atoms with Crippen LogP contribution in [0, 0.1) is 6.92 Å². The smallest absolute Gasteiger partial charge is 0.343 e. The average molecular weight is 323 g/mol. The summed E-state index contributed by atoms with van der Waals surface area (Å²) in [6, 6.07) is 10.4. The highest BCUT2D eigenvalue weighted by atomic mass is 16.1. The van der Waals surface area contributed by atoms with Gasteiger partial charge in [0.2, 0.25) is 0 Å². The molecule has 0 bridgehead atoms. The Balaban J connectivity index is 1.60. The Kier molecular flexibility index (Phi) is 3.70. The zero-order valence-electron chi connectivity index (χ0n) is 13.7. The van der Waals surface area contributed by atoms with Crippen molar-refractivity contribution in [3.63, 3.8) is 0 Å². The fourth-order valence-electron chi connectivity index (χ4n) is 3.34. The summed E-state index contributed by atoms with van der Waals surface area (Å²) in [4.78, 5) is 21.8. The molecule has 1 aromatic carbocycles. The van der Waals surface area contributed by atoms with Gasteiger partial charge in [-0.15, -0.1) is 0 Å². The molecule has 4 rings (SSSR count). The molecule has 0 radical (unpaired) electrons. The summed E-state index contributed by atoms with van der Waals surface area (Å²) in [5.74, 6) is 0. The predicted molar refractivity (Wildman–Crippen MR) is 94.3 cm³/mol. The second kappa shape index (κ2) is 5.89. The summed E-state index contributed by atoms with van der Waals surface area (Å²) in [5, 5.41) is 0.933. The van der Waals surface area contributed by atoms with Crippen LogP contribution in [0.25, 0.3) is 16.7 Å². The molecule has 1 atom stereocenters. The minimum Gasteiger partial charge on any atom is -0.343 e. The number of aryl methyl sites for hydroxylation is 1. The van der Waals surface area contributed by atoms with Crippen LogP contribution in [0.1, 0.15) is 17.7 Å². The van der Waals surface area contributed by atoms with Crippen LogP contribution in [0.2, 0.25) is 0 Å². The number of nitrogens with two attached hydrogens (primary N) is 1. The molecule has 1 aliphatic heterocycles. The number of H-pyrrole nitrogens is 1. The first kappa shape index (κ1) is 15.1. The van der Waals surface area contributed by atoms with Gasteiger partial charge in [0.25, 0.3) is 0 Å². The van der Waals surface area contributed by atoms with Gasteiger partial charge in [-0.3, -0.25) is 9.47 Å². The number of nitrogens with one attached hydrogen (secondary N) is 1. The Morgan fingerprint density at radius 3 is 2.83 bits per heavy atom. The largest absolute Gasteiger partial charge is 0.354 e. The molecule has 3 N–H and O–H groups in total. The first-order valence-corrected chi connectivity index (χ1v) is 8.25. The second-order valence-corrected chi connectivity index (χ2v) is 6.60. The van der Waals surface area contributed by atoms with E-state index in [9.17, 15) is 4.79 Å². The summed E-state index contributed by atoms with van der Waals surface area (Å²) >= 11 is 0. The summed E-state index contributed by atoms with van der Waals surface area (Å²) in [6.45, 7) is 4.86. The van der Waals surface area contributed by atoms with Crippen molar-refractivity contribution in [2.75, 3.05) is 13.1 Å². The number of aromatic nitrogens is 3. The molecule has 0 aliphatic carbocycles. The average Bonchev–Trinajstić information content (AvgIpc) is 3.11. The molecule has 1 fully saturated rings. The van der Waals surface area contributed by atoms with Gasteiger partial charge in [0.05, 0.1) is 5.69 Å². The third kappa shape index (κ3) is 2.86. The molecule has 0 unspecified atom stereocenters. The number of nitrogens with zero attached hydrogens (tertiary/aromatic N) is 3. The van der Waals surface area contributed by atoms with Gasteiger partial charge < -0.3 is 10.7 Å². The lowest BCUT2D eigenvalue weighted by molar-refractivity contribution is 0.327. The van der Waals surface area contributed by atoms with E-state index in [1.807, 2.05) is 31.3 Å². The zero-order chi connectivity index (χ0) is 16.7. The molecule has 0 spiro atoms. The van der Waals surface area contributed by atoms with Gasteiger partial charge in [0.15, 0.2) is 0 Å². The number of hydrogen-bond donors (Lipinski definition) is 2. The molecule has 1 aliphatic rings. The molecule has 0 amide bonds. The van der Waals surface area contributed by atoms with Crippen LogP contribution < -0.4 is 11.4 Å². The maximum Gasteiger partial charge on any atom is 0.354 e. The Bertz CT molecular complexity index is 925. The SMILES string of the molecule is Cc1cc2cn(-c3ccc(CN4CC[C@@H](N)C4)cc3)c(=O)nc2[nH]1. The van der Waals surface area contributed by atoms with E-state index < -0.39 is 0 Å². The van der Waals surface area contributed by atoms with Gasteiger partial charge in [0.1, 0.15) is 5.65 Å². The van der Waals surface area contributed by atoms with Crippen LogP contribution in [0.15, 0.2) is 41.3 Å². The molecule has 1 saturated heterocycles. The maximum absolute atomic E-state index is 12.3. The van der Waals surface area contributed by atoms with Crippen LogP contribution in [-0.4, -0.2) is 38.6 Å². The van der Waals surface area contributed by atoms with E-state index in [1.165, 1.54) is 5.56 Å². The third-order valence-electron chi connectivity index (χ3n) is 4.57. The van der Waals surface area contributed by atoms with Crippen LogP contribution in [-0.2, 0) is 6.54 Å². The summed E-state index contributed by atoms with van der Waals surface area (Å²) in [7, 11) is 0. The highest BCUT2D eigenvalue weighted by molar-refractivity contribution is 5.75. The summed E-state index contributed by atoms with van der Waals surface area (Å²) in [6.07, 6.45) is 2.90. The molecule has 124 valence electrons. The fraction of sp³-hybridized carbons (Fsp3) is 0.333. The Morgan fingerprint density at radius 1 is 1.33 bits per heavy atom. The molecular formula is C18H21N5O. The van der Waals surface area contributed by atoms with Crippen molar-refractivity contribution in [2.45, 2.75) is 25.9 Å². The fourth-order valence-corrected chi connectivity index (χ4v) is 3.34. The van der Waals surface area contributed by atoms with Crippen molar-refractivity contribution in [1.29, 1.82) is 0 Å². The number of likely N-dealkylation sites (tertiary alicyclic amines) is 1. The number of fused-ring (bicyclic) bond motifs is 1. The van der Waals surface area contributed by atoms with Gasteiger partial charge in [0, 0.05) is 43.0 Å². The quantitative estimate of drug-likeness (QED) is 0.766. The molecule has 3 aromatic rings. The normalized spacial score (nSPS) is 18.5. The van der Waals surface area contributed by atoms with E-state index in [0.29, 0.717) is 11.7 Å². The number of hydrogen-bond acceptors (Lipinski definition) is 4. The monoisotopic (exact) mass is 323 g/mol. The van der Waals surface area contributed by atoms with E-state index >= 15 is 0 Å². The first-order valence-electron chi connectivity index (χ1n) is 8.25. The molecule has 0 saturated carbocycles. The summed E-state index contributed by atoms with van der Waals surface area (Å²) in [5.41, 5.74) is 9.37. The Labute approximate surface area is 139 Å². The zero-order valence-corrected chi connectivity index (χ0v) is 13.7. The van der Waals surface area contributed by atoms with E-state index in [4.69, 9.17) is 5.73 Å². The highest BCUT2D eigenvalue weighted by Gasteiger charge is 2.18. The van der Waals surface area contributed by atoms with Crippen molar-refractivity contribution in [1.82, 2.24) is 19.4 Å². The lowest BCUT2D eigenvalue weighted by Crippen LogP contribution is -2.26. The number of rotatable bonds is 3. The van der Waals surface area contributed by atoms with Crippen LogP contribution in [0.3, 0.4) is 0 Å². The first-order chi connectivity index (χ1) is 11.6. The van der Waals surface area contributed by atoms with E-state index in [1.54, 1.807) is 4.57 Å². The van der Waals surface area contributed by atoms with Crippen molar-refractivity contribution >= 4 is 11.0 Å². The second-order valence-electron chi connectivity index (χ2n) is 6.60.